The molecular formula is C25H17BrClIN2O4. The Balaban J connectivity index is 1.72. The number of anilines is 1. The normalized spacial score (nSPS) is 15.0. The summed E-state index contributed by atoms with van der Waals surface area (Å²) >= 11 is 11.8. The van der Waals surface area contributed by atoms with Crippen molar-refractivity contribution >= 4 is 79.7 Å². The van der Waals surface area contributed by atoms with Gasteiger partial charge in [-0.25, -0.2) is 9.69 Å². The molecule has 0 aliphatic carbocycles. The summed E-state index contributed by atoms with van der Waals surface area (Å²) < 4.78 is 7.53. The van der Waals surface area contributed by atoms with Crippen molar-refractivity contribution in [1.29, 1.82) is 0 Å². The molecule has 0 unspecified atom stereocenters. The molecule has 4 rings (SSSR count). The van der Waals surface area contributed by atoms with E-state index in [1.165, 1.54) is 12.1 Å². The minimum Gasteiger partial charge on any atom is -0.496 e. The Morgan fingerprint density at radius 2 is 1.85 bits per heavy atom. The molecule has 0 spiro atoms. The van der Waals surface area contributed by atoms with Crippen LogP contribution in [0, 0.1) is 3.57 Å². The minimum absolute atomic E-state index is 0.170. The largest absolute Gasteiger partial charge is 0.496 e. The van der Waals surface area contributed by atoms with E-state index in [4.69, 9.17) is 16.3 Å². The molecule has 1 aliphatic heterocycles. The summed E-state index contributed by atoms with van der Waals surface area (Å²) in [6.07, 6.45) is 2.09. The molecule has 3 aromatic carbocycles. The summed E-state index contributed by atoms with van der Waals surface area (Å²) in [5, 5.41) is 2.58. The first-order chi connectivity index (χ1) is 16.3. The maximum atomic E-state index is 13.1. The van der Waals surface area contributed by atoms with E-state index in [2.05, 4.69) is 43.8 Å². The molecule has 34 heavy (non-hydrogen) atoms. The van der Waals surface area contributed by atoms with Gasteiger partial charge in [0.1, 0.15) is 11.3 Å². The number of halogens is 3. The highest BCUT2D eigenvalue weighted by Crippen LogP contribution is 2.32. The Hall–Kier alpha value is -2.69. The van der Waals surface area contributed by atoms with Crippen molar-refractivity contribution in [3.8, 4) is 5.75 Å². The minimum atomic E-state index is -0.828. The molecule has 172 valence electrons. The van der Waals surface area contributed by atoms with E-state index in [9.17, 15) is 14.4 Å². The van der Waals surface area contributed by atoms with Crippen LogP contribution in [0.2, 0.25) is 5.02 Å². The number of imide groups is 2. The Morgan fingerprint density at radius 1 is 1.09 bits per heavy atom. The van der Waals surface area contributed by atoms with Gasteiger partial charge >= 0.3 is 6.03 Å². The number of hydrogen-bond donors (Lipinski definition) is 1. The molecule has 0 saturated carbocycles. The van der Waals surface area contributed by atoms with E-state index < -0.39 is 17.8 Å². The zero-order chi connectivity index (χ0) is 24.4. The number of amides is 4. The summed E-state index contributed by atoms with van der Waals surface area (Å²) in [6.45, 7) is 0. The standard InChI is InChI=1S/C25H17BrClIN2O4/c1-34-22-11-14(10-21(28)18(22)12-15-5-2-3-8-20(15)26)9-19-23(31)29-25(33)30(24(19)32)17-7-4-6-16(27)13-17/h2-11,13H,12H2,1H3,(H,29,31,33)/b19-9+. The quantitative estimate of drug-likeness (QED) is 0.210. The predicted octanol–water partition coefficient (Wildman–Crippen LogP) is 5.97. The molecular weight excluding hydrogens is 635 g/mol. The average Bonchev–Trinajstić information content (AvgIpc) is 2.79. The van der Waals surface area contributed by atoms with Crippen molar-refractivity contribution in [2.24, 2.45) is 0 Å². The van der Waals surface area contributed by atoms with Crippen LogP contribution in [0.3, 0.4) is 0 Å². The second-order valence-electron chi connectivity index (χ2n) is 7.39. The molecule has 4 amide bonds. The van der Waals surface area contributed by atoms with Crippen molar-refractivity contribution in [3.05, 3.63) is 96.0 Å². The zero-order valence-electron chi connectivity index (χ0n) is 17.8. The van der Waals surface area contributed by atoms with E-state index in [1.54, 1.807) is 31.4 Å². The lowest BCUT2D eigenvalue weighted by atomic mass is 10.0. The van der Waals surface area contributed by atoms with Gasteiger partial charge in [-0.05, 0) is 76.2 Å². The van der Waals surface area contributed by atoms with Gasteiger partial charge in [0.25, 0.3) is 11.8 Å². The molecule has 0 bridgehead atoms. The van der Waals surface area contributed by atoms with Crippen molar-refractivity contribution in [2.75, 3.05) is 12.0 Å². The smallest absolute Gasteiger partial charge is 0.335 e. The fourth-order valence-corrected chi connectivity index (χ4v) is 5.00. The number of barbiturate groups is 1. The average molecular weight is 652 g/mol. The first-order valence-corrected chi connectivity index (χ1v) is 12.3. The summed E-state index contributed by atoms with van der Waals surface area (Å²) in [7, 11) is 1.57. The Labute approximate surface area is 223 Å². The number of benzene rings is 3. The van der Waals surface area contributed by atoms with Crippen LogP contribution in [0.4, 0.5) is 10.5 Å². The number of nitrogens with zero attached hydrogens (tertiary/aromatic N) is 1. The van der Waals surface area contributed by atoms with Crippen molar-refractivity contribution in [1.82, 2.24) is 5.32 Å². The Bertz CT molecular complexity index is 1360. The van der Waals surface area contributed by atoms with Crippen LogP contribution < -0.4 is 15.0 Å². The lowest BCUT2D eigenvalue weighted by molar-refractivity contribution is -0.122. The summed E-state index contributed by atoms with van der Waals surface area (Å²) in [6, 6.07) is 17.0. The molecule has 1 heterocycles. The zero-order valence-corrected chi connectivity index (χ0v) is 22.3. The van der Waals surface area contributed by atoms with E-state index in [0.717, 1.165) is 24.1 Å². The fourth-order valence-electron chi connectivity index (χ4n) is 3.57. The molecule has 6 nitrogen and oxygen atoms in total. The Kier molecular flexibility index (Phi) is 7.39. The number of methoxy groups -OCH3 is 1. The van der Waals surface area contributed by atoms with E-state index in [-0.39, 0.29) is 11.3 Å². The fraction of sp³-hybridized carbons (Fsp3) is 0.0800. The Morgan fingerprint density at radius 3 is 2.56 bits per heavy atom. The monoisotopic (exact) mass is 650 g/mol. The van der Waals surface area contributed by atoms with Crippen molar-refractivity contribution in [2.45, 2.75) is 6.42 Å². The molecule has 0 radical (unpaired) electrons. The number of carbonyl (C=O) groups excluding carboxylic acids is 3. The maximum absolute atomic E-state index is 13.1. The third-order valence-corrected chi connectivity index (χ3v) is 7.17. The lowest BCUT2D eigenvalue weighted by Gasteiger charge is -2.26. The van der Waals surface area contributed by atoms with Gasteiger partial charge < -0.3 is 4.74 Å². The van der Waals surface area contributed by atoms with Crippen LogP contribution in [0.15, 0.2) is 70.7 Å². The van der Waals surface area contributed by atoms with Crippen LogP contribution in [-0.2, 0) is 16.0 Å². The van der Waals surface area contributed by atoms with Crippen LogP contribution in [0.25, 0.3) is 6.08 Å². The highest BCUT2D eigenvalue weighted by Gasteiger charge is 2.37. The van der Waals surface area contributed by atoms with Crippen molar-refractivity contribution < 1.29 is 19.1 Å². The van der Waals surface area contributed by atoms with Gasteiger partial charge in [-0.3, -0.25) is 14.9 Å². The first-order valence-electron chi connectivity index (χ1n) is 10.1. The summed E-state index contributed by atoms with van der Waals surface area (Å²) in [5.74, 6) is -0.872. The molecule has 1 aliphatic rings. The highest BCUT2D eigenvalue weighted by molar-refractivity contribution is 14.1. The third kappa shape index (κ3) is 5.03. The van der Waals surface area contributed by atoms with Crippen LogP contribution in [0.5, 0.6) is 5.75 Å². The number of rotatable bonds is 5. The molecule has 0 aromatic heterocycles. The predicted molar refractivity (Wildman–Crippen MR) is 143 cm³/mol. The molecule has 1 saturated heterocycles. The summed E-state index contributed by atoms with van der Waals surface area (Å²) in [5.41, 5.74) is 2.77. The SMILES string of the molecule is COc1cc(/C=C2\C(=O)NC(=O)N(c3cccc(Cl)c3)C2=O)cc(I)c1Cc1ccccc1Br. The van der Waals surface area contributed by atoms with Gasteiger partial charge in [-0.15, -0.1) is 0 Å². The van der Waals surface area contributed by atoms with E-state index in [1.807, 2.05) is 30.3 Å². The van der Waals surface area contributed by atoms with Crippen molar-refractivity contribution in [3.63, 3.8) is 0 Å². The highest BCUT2D eigenvalue weighted by atomic mass is 127. The topological polar surface area (TPSA) is 75.7 Å². The van der Waals surface area contributed by atoms with E-state index >= 15 is 0 Å². The van der Waals surface area contributed by atoms with Gasteiger partial charge in [0.05, 0.1) is 12.8 Å². The summed E-state index contributed by atoms with van der Waals surface area (Å²) in [4.78, 5) is 39.0. The molecule has 3 aromatic rings. The van der Waals surface area contributed by atoms with Gasteiger partial charge in [-0.1, -0.05) is 51.8 Å². The molecule has 1 N–H and O–H groups in total. The number of urea groups is 1. The maximum Gasteiger partial charge on any atom is 0.335 e. The second kappa shape index (κ2) is 10.3. The van der Waals surface area contributed by atoms with Gasteiger partial charge in [-0.2, -0.15) is 0 Å². The number of ether oxygens (including phenoxy) is 1. The van der Waals surface area contributed by atoms with Crippen LogP contribution in [0.1, 0.15) is 16.7 Å². The van der Waals surface area contributed by atoms with E-state index in [0.29, 0.717) is 22.8 Å². The molecule has 9 heteroatoms. The molecule has 0 atom stereocenters. The lowest BCUT2D eigenvalue weighted by Crippen LogP contribution is -2.54. The van der Waals surface area contributed by atoms with Gasteiger partial charge in [0.2, 0.25) is 0 Å². The van der Waals surface area contributed by atoms with Crippen LogP contribution in [-0.4, -0.2) is 25.0 Å². The second-order valence-corrected chi connectivity index (χ2v) is 9.84. The van der Waals surface area contributed by atoms with Gasteiger partial charge in [0, 0.05) is 25.0 Å². The van der Waals surface area contributed by atoms with Crippen LogP contribution >= 0.6 is 50.1 Å². The first kappa shape index (κ1) is 24.4. The number of hydrogen-bond acceptors (Lipinski definition) is 4. The number of nitrogens with one attached hydrogen (secondary N) is 1. The molecule has 1 fully saturated rings. The van der Waals surface area contributed by atoms with Gasteiger partial charge in [0.15, 0.2) is 0 Å². The third-order valence-electron chi connectivity index (χ3n) is 5.20. The number of carbonyl (C=O) groups is 3.